The van der Waals surface area contributed by atoms with Crippen LogP contribution in [0.2, 0.25) is 5.02 Å². The summed E-state index contributed by atoms with van der Waals surface area (Å²) in [5.74, 6) is 0. The Balaban J connectivity index is 2.26. The van der Waals surface area contributed by atoms with E-state index < -0.39 is 0 Å². The predicted octanol–water partition coefficient (Wildman–Crippen LogP) is 4.10. The van der Waals surface area contributed by atoms with Crippen LogP contribution >= 0.6 is 38.9 Å². The van der Waals surface area contributed by atoms with E-state index in [-0.39, 0.29) is 6.04 Å². The van der Waals surface area contributed by atoms with E-state index in [9.17, 15) is 0 Å². The molecule has 2 rings (SSSR count). The molecule has 6 heteroatoms. The van der Waals surface area contributed by atoms with Crippen molar-refractivity contribution in [3.63, 3.8) is 0 Å². The molecule has 1 atom stereocenters. The number of likely N-dealkylation sites (N-methyl/N-ethyl adjacent to an activating group) is 1. The van der Waals surface area contributed by atoms with E-state index in [1.54, 1.807) is 11.3 Å². The number of halogens is 2. The summed E-state index contributed by atoms with van der Waals surface area (Å²) in [7, 11) is 1.95. The highest BCUT2D eigenvalue weighted by molar-refractivity contribution is 9.10. The number of thiophene rings is 1. The van der Waals surface area contributed by atoms with E-state index in [1.807, 2.05) is 18.7 Å². The molecule has 0 saturated carbocycles. The number of hydrogen-bond acceptors (Lipinski definition) is 3. The number of rotatable bonds is 5. The van der Waals surface area contributed by atoms with Crippen molar-refractivity contribution < 1.29 is 0 Å². The third-order valence-corrected chi connectivity index (χ3v) is 5.34. The summed E-state index contributed by atoms with van der Waals surface area (Å²) in [4.78, 5) is 1.31. The van der Waals surface area contributed by atoms with E-state index >= 15 is 0 Å². The molecule has 0 aliphatic heterocycles. The van der Waals surface area contributed by atoms with Crippen molar-refractivity contribution in [3.8, 4) is 0 Å². The average Bonchev–Trinajstić information content (AvgIpc) is 2.88. The molecule has 2 aromatic heterocycles. The Labute approximate surface area is 131 Å². The first kappa shape index (κ1) is 15.0. The number of nitrogens with zero attached hydrogens (tertiary/aromatic N) is 2. The fraction of sp³-hybridized carbons (Fsp3) is 0.462. The van der Waals surface area contributed by atoms with Crippen LogP contribution in [0.5, 0.6) is 0 Å². The van der Waals surface area contributed by atoms with Crippen LogP contribution in [-0.2, 0) is 13.5 Å². The van der Waals surface area contributed by atoms with E-state index in [4.69, 9.17) is 11.6 Å². The van der Waals surface area contributed by atoms with Crippen molar-refractivity contribution in [2.75, 3.05) is 6.54 Å². The van der Waals surface area contributed by atoms with Gasteiger partial charge in [-0.25, -0.2) is 0 Å². The monoisotopic (exact) mass is 361 g/mol. The van der Waals surface area contributed by atoms with Crippen molar-refractivity contribution in [3.05, 3.63) is 37.2 Å². The number of nitrogens with one attached hydrogen (secondary N) is 1. The Morgan fingerprint density at radius 3 is 2.79 bits per heavy atom. The summed E-state index contributed by atoms with van der Waals surface area (Å²) < 4.78 is 3.01. The number of aromatic nitrogens is 2. The third-order valence-electron chi connectivity index (χ3n) is 3.04. The third kappa shape index (κ3) is 3.40. The molecular formula is C13H17BrClN3S. The summed E-state index contributed by atoms with van der Waals surface area (Å²) in [5, 5.41) is 10.8. The van der Waals surface area contributed by atoms with Gasteiger partial charge >= 0.3 is 0 Å². The van der Waals surface area contributed by atoms with Crippen molar-refractivity contribution in [2.45, 2.75) is 26.3 Å². The van der Waals surface area contributed by atoms with Crippen molar-refractivity contribution in [1.29, 1.82) is 0 Å². The zero-order chi connectivity index (χ0) is 14.0. The first-order valence-electron chi connectivity index (χ1n) is 6.18. The highest BCUT2D eigenvalue weighted by Crippen LogP contribution is 2.30. The van der Waals surface area contributed by atoms with Crippen LogP contribution in [-0.4, -0.2) is 16.3 Å². The Bertz CT molecular complexity index is 564. The van der Waals surface area contributed by atoms with Crippen LogP contribution in [0.25, 0.3) is 0 Å². The van der Waals surface area contributed by atoms with Crippen LogP contribution in [0.1, 0.15) is 29.2 Å². The minimum Gasteiger partial charge on any atom is -0.309 e. The molecule has 0 spiro atoms. The van der Waals surface area contributed by atoms with Gasteiger partial charge in [0.05, 0.1) is 16.4 Å². The molecule has 0 saturated heterocycles. The van der Waals surface area contributed by atoms with Crippen molar-refractivity contribution in [1.82, 2.24) is 15.1 Å². The normalized spacial score (nSPS) is 12.9. The maximum atomic E-state index is 6.33. The summed E-state index contributed by atoms with van der Waals surface area (Å²) in [6, 6.07) is 2.43. The Morgan fingerprint density at radius 2 is 2.32 bits per heavy atom. The summed E-state index contributed by atoms with van der Waals surface area (Å²) >= 11 is 11.6. The molecule has 0 bridgehead atoms. The molecule has 1 N–H and O–H groups in total. The fourth-order valence-corrected chi connectivity index (χ4v) is 3.88. The first-order valence-corrected chi connectivity index (χ1v) is 8.23. The minimum absolute atomic E-state index is 0.272. The van der Waals surface area contributed by atoms with Gasteiger partial charge in [-0.15, -0.1) is 11.3 Å². The van der Waals surface area contributed by atoms with Gasteiger partial charge in [-0.1, -0.05) is 18.5 Å². The van der Waals surface area contributed by atoms with Gasteiger partial charge in [-0.3, -0.25) is 4.68 Å². The fourth-order valence-electron chi connectivity index (χ4n) is 2.13. The molecule has 0 aliphatic carbocycles. The van der Waals surface area contributed by atoms with Crippen molar-refractivity contribution in [2.24, 2.45) is 7.05 Å². The topological polar surface area (TPSA) is 29.9 Å². The molecule has 3 nitrogen and oxygen atoms in total. The van der Waals surface area contributed by atoms with Gasteiger partial charge in [0.2, 0.25) is 0 Å². The maximum absolute atomic E-state index is 6.33. The lowest BCUT2D eigenvalue weighted by Crippen LogP contribution is -2.23. The molecule has 0 aliphatic rings. The molecule has 2 heterocycles. The molecule has 19 heavy (non-hydrogen) atoms. The lowest BCUT2D eigenvalue weighted by Gasteiger charge is -2.16. The van der Waals surface area contributed by atoms with Gasteiger partial charge in [0.25, 0.3) is 0 Å². The predicted molar refractivity (Wildman–Crippen MR) is 85.1 cm³/mol. The molecule has 104 valence electrons. The molecule has 0 fully saturated rings. The van der Waals surface area contributed by atoms with Crippen LogP contribution in [0, 0.1) is 6.92 Å². The molecule has 0 aromatic carbocycles. The molecule has 0 amide bonds. The minimum atomic E-state index is 0.272. The van der Waals surface area contributed by atoms with Gasteiger partial charge in [0, 0.05) is 34.2 Å². The van der Waals surface area contributed by atoms with Gasteiger partial charge in [0.15, 0.2) is 0 Å². The largest absolute Gasteiger partial charge is 0.309 e. The summed E-state index contributed by atoms with van der Waals surface area (Å²) in [5.41, 5.74) is 1.97. The van der Waals surface area contributed by atoms with Gasteiger partial charge in [0.1, 0.15) is 0 Å². The second-order valence-electron chi connectivity index (χ2n) is 4.45. The molecular weight excluding hydrogens is 346 g/mol. The zero-order valence-electron chi connectivity index (χ0n) is 11.2. The lowest BCUT2D eigenvalue weighted by atomic mass is 10.1. The summed E-state index contributed by atoms with van der Waals surface area (Å²) in [6.45, 7) is 4.98. The highest BCUT2D eigenvalue weighted by Gasteiger charge is 2.19. The maximum Gasteiger partial charge on any atom is 0.0847 e. The summed E-state index contributed by atoms with van der Waals surface area (Å²) in [6.07, 6.45) is 0.844. The second kappa shape index (κ2) is 6.39. The zero-order valence-corrected chi connectivity index (χ0v) is 14.4. The van der Waals surface area contributed by atoms with Crippen LogP contribution < -0.4 is 5.32 Å². The van der Waals surface area contributed by atoms with E-state index in [0.29, 0.717) is 0 Å². The van der Waals surface area contributed by atoms with Gasteiger partial charge in [-0.2, -0.15) is 5.10 Å². The standard InChI is InChI=1S/C13H17BrClN3S/c1-4-16-10(12-5-9(14)7-19-12)6-11-13(15)8(2)17-18(11)3/h5,7,10,16H,4,6H2,1-3H3. The van der Waals surface area contributed by atoms with Crippen molar-refractivity contribution >= 4 is 38.9 Å². The first-order chi connectivity index (χ1) is 9.02. The van der Waals surface area contributed by atoms with Gasteiger partial charge < -0.3 is 5.32 Å². The molecule has 0 radical (unpaired) electrons. The average molecular weight is 363 g/mol. The van der Waals surface area contributed by atoms with E-state index in [1.165, 1.54) is 4.88 Å². The Hall–Kier alpha value is -0.360. The number of aryl methyl sites for hydroxylation is 2. The smallest absolute Gasteiger partial charge is 0.0847 e. The van der Waals surface area contributed by atoms with Gasteiger partial charge in [-0.05, 0) is 35.5 Å². The molecule has 2 aromatic rings. The second-order valence-corrected chi connectivity index (χ2v) is 6.69. The highest BCUT2D eigenvalue weighted by atomic mass is 79.9. The molecule has 1 unspecified atom stereocenters. The number of hydrogen-bond donors (Lipinski definition) is 1. The van der Waals surface area contributed by atoms with Crippen LogP contribution in [0.4, 0.5) is 0 Å². The van der Waals surface area contributed by atoms with E-state index in [0.717, 1.165) is 33.8 Å². The quantitative estimate of drug-likeness (QED) is 0.868. The van der Waals surface area contributed by atoms with Crippen LogP contribution in [0.15, 0.2) is 15.9 Å². The lowest BCUT2D eigenvalue weighted by molar-refractivity contribution is 0.536. The van der Waals surface area contributed by atoms with Crippen LogP contribution in [0.3, 0.4) is 0 Å². The van der Waals surface area contributed by atoms with E-state index in [2.05, 4.69) is 44.7 Å². The Morgan fingerprint density at radius 1 is 1.58 bits per heavy atom. The Kier molecular flexibility index (Phi) is 5.06. The SMILES string of the molecule is CCNC(Cc1c(Cl)c(C)nn1C)c1cc(Br)cs1.